The number of rotatable bonds is 9. The molecule has 0 amide bonds. The largest absolute Gasteiger partial charge is 0.430 e. The average molecular weight is 399 g/mol. The van der Waals surface area contributed by atoms with E-state index in [0.717, 1.165) is 16.4 Å². The Kier molecular flexibility index (Phi) is 6.76. The lowest BCUT2D eigenvalue weighted by atomic mass is 10.4. The van der Waals surface area contributed by atoms with Gasteiger partial charge in [-0.1, -0.05) is 72.4 Å². The fraction of sp³-hybridized carbons (Fsp3) is 0.238. The molecule has 0 unspecified atom stereocenters. The summed E-state index contributed by atoms with van der Waals surface area (Å²) in [6.45, 7) is 16.8. The van der Waals surface area contributed by atoms with E-state index in [9.17, 15) is 0 Å². The van der Waals surface area contributed by atoms with Gasteiger partial charge in [-0.25, -0.2) is 0 Å². The topological polar surface area (TPSA) is 18.5 Å². The Morgan fingerprint density at radius 1 is 0.769 bits per heavy atom. The van der Waals surface area contributed by atoms with Crippen LogP contribution in [0.3, 0.4) is 0 Å². The van der Waals surface area contributed by atoms with Gasteiger partial charge in [0.2, 0.25) is 8.32 Å². The lowest BCUT2D eigenvalue weighted by molar-refractivity contribution is 0.414. The summed E-state index contributed by atoms with van der Waals surface area (Å²) < 4.78 is 14.0. The third-order valence-corrected chi connectivity index (χ3v) is 15.3. The third-order valence-electron chi connectivity index (χ3n) is 4.26. The summed E-state index contributed by atoms with van der Waals surface area (Å²) in [5, 5.41) is 2.30. The summed E-state index contributed by atoms with van der Waals surface area (Å²) >= 11 is 0. The summed E-state index contributed by atoms with van der Waals surface area (Å²) in [6, 6.07) is 21.8. The minimum Gasteiger partial charge on any atom is -0.430 e. The summed E-state index contributed by atoms with van der Waals surface area (Å²) in [4.78, 5) is 0. The molecule has 0 aliphatic carbocycles. The molecule has 0 aliphatic heterocycles. The first-order chi connectivity index (χ1) is 12.2. The molecule has 0 aliphatic rings. The van der Waals surface area contributed by atoms with Crippen molar-refractivity contribution < 1.29 is 8.23 Å². The van der Waals surface area contributed by atoms with Crippen LogP contribution in [0.2, 0.25) is 32.2 Å². The zero-order valence-electron chi connectivity index (χ0n) is 16.4. The minimum absolute atomic E-state index is 0.890. The molecule has 0 radical (unpaired) electrons. The molecule has 0 fully saturated rings. The van der Waals surface area contributed by atoms with E-state index >= 15 is 0 Å². The molecule has 0 spiro atoms. The monoisotopic (exact) mass is 398 g/mol. The zero-order valence-corrected chi connectivity index (χ0v) is 19.4. The van der Waals surface area contributed by atoms with E-state index in [0.29, 0.717) is 0 Å². The normalized spacial score (nSPS) is 12.6. The Labute approximate surface area is 161 Å². The van der Waals surface area contributed by atoms with E-state index < -0.39 is 25.2 Å². The van der Waals surface area contributed by atoms with E-state index in [2.05, 4.69) is 87.9 Å². The van der Waals surface area contributed by atoms with Gasteiger partial charge in [0, 0.05) is 0 Å². The summed E-state index contributed by atoms with van der Waals surface area (Å²) in [5.41, 5.74) is 1.99. The molecular weight excluding hydrogens is 368 g/mol. The van der Waals surface area contributed by atoms with Crippen molar-refractivity contribution in [2.24, 2.45) is 0 Å². The molecule has 2 aromatic rings. The van der Waals surface area contributed by atoms with Gasteiger partial charge in [-0.3, -0.25) is 0 Å². The molecule has 0 heterocycles. The number of allylic oxidation sites excluding steroid dienone is 1. The van der Waals surface area contributed by atoms with Crippen LogP contribution >= 0.6 is 0 Å². The highest BCUT2D eigenvalue weighted by atomic mass is 28.5. The molecular formula is C21H30O2Si3. The molecule has 26 heavy (non-hydrogen) atoms. The van der Waals surface area contributed by atoms with Crippen LogP contribution in [0.4, 0.5) is 0 Å². The van der Waals surface area contributed by atoms with Gasteiger partial charge in [0.15, 0.2) is 8.32 Å². The minimum atomic E-state index is -2.87. The smallest absolute Gasteiger partial charge is 0.386 e. The van der Waals surface area contributed by atoms with Gasteiger partial charge in [0.25, 0.3) is 0 Å². The highest BCUT2D eigenvalue weighted by molar-refractivity contribution is 7.03. The van der Waals surface area contributed by atoms with Crippen LogP contribution in [0.5, 0.6) is 0 Å². The molecule has 138 valence electrons. The Morgan fingerprint density at radius 2 is 1.23 bits per heavy atom. The zero-order chi connectivity index (χ0) is 19.3. The lowest BCUT2D eigenvalue weighted by Crippen LogP contribution is -2.70. The predicted molar refractivity (Wildman–Crippen MR) is 120 cm³/mol. The van der Waals surface area contributed by atoms with Crippen LogP contribution in [-0.4, -0.2) is 25.2 Å². The second-order valence-corrected chi connectivity index (χ2v) is 19.2. The van der Waals surface area contributed by atoms with E-state index in [4.69, 9.17) is 8.23 Å². The lowest BCUT2D eigenvalue weighted by Gasteiger charge is -2.42. The van der Waals surface area contributed by atoms with E-state index in [1.165, 1.54) is 0 Å². The third kappa shape index (κ3) is 5.02. The summed E-state index contributed by atoms with van der Waals surface area (Å²) in [5.74, 6) is 0. The molecule has 2 aromatic carbocycles. The van der Waals surface area contributed by atoms with Crippen molar-refractivity contribution in [3.05, 3.63) is 85.6 Å². The van der Waals surface area contributed by atoms with Crippen molar-refractivity contribution in [1.29, 1.82) is 0 Å². The molecule has 0 saturated heterocycles. The number of hydrogen-bond donors (Lipinski definition) is 0. The molecule has 0 atom stereocenters. The maximum Gasteiger partial charge on any atom is 0.386 e. The van der Waals surface area contributed by atoms with Crippen molar-refractivity contribution in [1.82, 2.24) is 0 Å². The molecule has 2 rings (SSSR count). The highest BCUT2D eigenvalue weighted by Gasteiger charge is 2.49. The highest BCUT2D eigenvalue weighted by Crippen LogP contribution is 2.24. The van der Waals surface area contributed by atoms with Crippen molar-refractivity contribution in [3.63, 3.8) is 0 Å². The van der Waals surface area contributed by atoms with Gasteiger partial charge < -0.3 is 8.23 Å². The molecule has 2 nitrogen and oxygen atoms in total. The van der Waals surface area contributed by atoms with Crippen molar-refractivity contribution in [2.45, 2.75) is 32.2 Å². The van der Waals surface area contributed by atoms with Crippen LogP contribution in [0.15, 0.2) is 85.6 Å². The molecule has 0 N–H and O–H groups in total. The quantitative estimate of drug-likeness (QED) is 0.454. The van der Waals surface area contributed by atoms with Gasteiger partial charge in [0.05, 0.1) is 0 Å². The fourth-order valence-electron chi connectivity index (χ4n) is 2.93. The van der Waals surface area contributed by atoms with Crippen LogP contribution in [0.1, 0.15) is 0 Å². The Morgan fingerprint density at radius 3 is 1.62 bits per heavy atom. The first kappa shape index (κ1) is 20.8. The maximum absolute atomic E-state index is 7.05. The van der Waals surface area contributed by atoms with Gasteiger partial charge in [-0.15, -0.1) is 13.2 Å². The maximum atomic E-state index is 7.05. The number of hydrogen-bond acceptors (Lipinski definition) is 2. The second kappa shape index (κ2) is 8.45. The number of benzene rings is 2. The van der Waals surface area contributed by atoms with Gasteiger partial charge in [-0.2, -0.15) is 0 Å². The molecule has 5 heteroatoms. The molecule has 0 saturated carbocycles. The Bertz CT molecular complexity index is 688. The fourth-order valence-corrected chi connectivity index (χ4v) is 14.4. The average Bonchev–Trinajstić information content (AvgIpc) is 2.62. The second-order valence-electron chi connectivity index (χ2n) is 7.61. The van der Waals surface area contributed by atoms with Crippen LogP contribution in [0.25, 0.3) is 0 Å². The Balaban J connectivity index is 2.70. The van der Waals surface area contributed by atoms with Crippen LogP contribution < -0.4 is 10.4 Å². The van der Waals surface area contributed by atoms with Crippen molar-refractivity contribution in [3.8, 4) is 0 Å². The molecule has 0 bridgehead atoms. The van der Waals surface area contributed by atoms with E-state index in [1.807, 2.05) is 23.9 Å². The predicted octanol–water partition coefficient (Wildman–Crippen LogP) is 4.60. The Hall–Kier alpha value is -1.51. The van der Waals surface area contributed by atoms with Gasteiger partial charge >= 0.3 is 8.56 Å². The van der Waals surface area contributed by atoms with Gasteiger partial charge in [-0.05, 0) is 42.6 Å². The van der Waals surface area contributed by atoms with Crippen molar-refractivity contribution in [2.75, 3.05) is 0 Å². The van der Waals surface area contributed by atoms with E-state index in [1.54, 1.807) is 0 Å². The standard InChI is InChI=1S/C21H30O2Si3/c1-7-19-25(5,6)23-26(22-24(3,4)8-2,20-15-11-9-12-16-20)21-17-13-10-14-18-21/h7-18H,1-2,19H2,3-6H3. The van der Waals surface area contributed by atoms with Crippen LogP contribution in [0, 0.1) is 0 Å². The molecule has 0 aromatic heterocycles. The first-order valence-electron chi connectivity index (χ1n) is 9.00. The SMILES string of the molecule is C=CC[Si](C)(C)O[Si](O[Si](C)(C)C=C)(c1ccccc1)c1ccccc1. The first-order valence-corrected chi connectivity index (χ1v) is 16.9. The van der Waals surface area contributed by atoms with Gasteiger partial charge in [0.1, 0.15) is 0 Å². The van der Waals surface area contributed by atoms with Crippen LogP contribution in [-0.2, 0) is 8.23 Å². The summed E-state index contributed by atoms with van der Waals surface area (Å²) in [7, 11) is -6.99. The van der Waals surface area contributed by atoms with Crippen molar-refractivity contribution >= 4 is 35.6 Å². The summed E-state index contributed by atoms with van der Waals surface area (Å²) in [6.07, 6.45) is 1.97. The van der Waals surface area contributed by atoms with E-state index in [-0.39, 0.29) is 0 Å².